The Hall–Kier alpha value is 0.350. The average molecular weight is 212 g/mol. The number of rotatable bonds is 1. The molecule has 2 saturated carbocycles. The van der Waals surface area contributed by atoms with Crippen molar-refractivity contribution in [3.8, 4) is 0 Å². The lowest BCUT2D eigenvalue weighted by Gasteiger charge is -2.37. The molecule has 0 N–H and O–H groups in total. The summed E-state index contributed by atoms with van der Waals surface area (Å²) in [5, 5.41) is 0.995. The molecule has 82 valence electrons. The van der Waals surface area contributed by atoms with E-state index in [1.54, 1.807) is 0 Å². The molecule has 0 amide bonds. The van der Waals surface area contributed by atoms with E-state index in [0.29, 0.717) is 0 Å². The summed E-state index contributed by atoms with van der Waals surface area (Å²) >= 11 is 2.14. The van der Waals surface area contributed by atoms with Crippen molar-refractivity contribution in [3.05, 3.63) is 0 Å². The van der Waals surface area contributed by atoms with Crippen LogP contribution in [-0.4, -0.2) is 11.5 Å². The quantitative estimate of drug-likeness (QED) is 0.623. The third-order valence-corrected chi connectivity index (χ3v) is 5.59. The van der Waals surface area contributed by atoms with Crippen LogP contribution in [0.25, 0.3) is 0 Å². The summed E-state index contributed by atoms with van der Waals surface area (Å²) in [7, 11) is 0. The third kappa shape index (κ3) is 2.29. The largest absolute Gasteiger partial charge is 0.162 e. The molecule has 14 heavy (non-hydrogen) atoms. The Labute approximate surface area is 93.2 Å². The average Bonchev–Trinajstić information content (AvgIpc) is 2.38. The third-order valence-electron chi connectivity index (χ3n) is 4.40. The standard InChI is InChI=1S/C13H24S/c1-10-5-3-6-11-7-4-8-13(14-2)12(11)9-10/h10-13H,3-9H2,1-2H3. The zero-order valence-electron chi connectivity index (χ0n) is 9.67. The number of hydrogen-bond acceptors (Lipinski definition) is 1. The van der Waals surface area contributed by atoms with Crippen molar-refractivity contribution in [2.75, 3.05) is 6.26 Å². The summed E-state index contributed by atoms with van der Waals surface area (Å²) in [5.74, 6) is 3.15. The maximum absolute atomic E-state index is 2.47. The molecule has 0 aromatic rings. The van der Waals surface area contributed by atoms with Gasteiger partial charge in [0.15, 0.2) is 0 Å². The van der Waals surface area contributed by atoms with E-state index in [0.717, 1.165) is 23.0 Å². The number of thioether (sulfide) groups is 1. The second-order valence-corrected chi connectivity index (χ2v) is 6.48. The second kappa shape index (κ2) is 4.92. The van der Waals surface area contributed by atoms with Crippen molar-refractivity contribution in [1.82, 2.24) is 0 Å². The van der Waals surface area contributed by atoms with Crippen LogP contribution in [0.5, 0.6) is 0 Å². The first-order valence-electron chi connectivity index (χ1n) is 6.34. The van der Waals surface area contributed by atoms with E-state index in [2.05, 4.69) is 24.9 Å². The lowest BCUT2D eigenvalue weighted by atomic mass is 9.75. The van der Waals surface area contributed by atoms with Crippen LogP contribution < -0.4 is 0 Å². The molecule has 0 heterocycles. The van der Waals surface area contributed by atoms with Crippen molar-refractivity contribution in [3.63, 3.8) is 0 Å². The Kier molecular flexibility index (Phi) is 3.81. The van der Waals surface area contributed by atoms with E-state index in [1.807, 2.05) is 0 Å². The molecule has 2 fully saturated rings. The first-order valence-corrected chi connectivity index (χ1v) is 7.63. The fourth-order valence-electron chi connectivity index (χ4n) is 3.62. The summed E-state index contributed by atoms with van der Waals surface area (Å²) in [5.41, 5.74) is 0. The highest BCUT2D eigenvalue weighted by molar-refractivity contribution is 7.99. The highest BCUT2D eigenvalue weighted by Crippen LogP contribution is 2.44. The van der Waals surface area contributed by atoms with Gasteiger partial charge in [-0.1, -0.05) is 39.0 Å². The van der Waals surface area contributed by atoms with Gasteiger partial charge in [-0.3, -0.25) is 0 Å². The highest BCUT2D eigenvalue weighted by atomic mass is 32.2. The molecule has 0 nitrogen and oxygen atoms in total. The van der Waals surface area contributed by atoms with E-state index in [-0.39, 0.29) is 0 Å². The molecule has 4 unspecified atom stereocenters. The molecule has 0 saturated heterocycles. The summed E-state index contributed by atoms with van der Waals surface area (Å²) in [6.45, 7) is 2.47. The van der Waals surface area contributed by atoms with Gasteiger partial charge in [-0.05, 0) is 36.9 Å². The maximum Gasteiger partial charge on any atom is 0.00752 e. The molecule has 2 rings (SSSR count). The lowest BCUT2D eigenvalue weighted by Crippen LogP contribution is -2.30. The molecule has 2 aliphatic carbocycles. The van der Waals surface area contributed by atoms with Crippen molar-refractivity contribution in [2.24, 2.45) is 17.8 Å². The SMILES string of the molecule is CSC1CCCC2CCCC(C)CC21. The van der Waals surface area contributed by atoms with Crippen LogP contribution in [0.2, 0.25) is 0 Å². The van der Waals surface area contributed by atoms with Crippen molar-refractivity contribution < 1.29 is 0 Å². The summed E-state index contributed by atoms with van der Waals surface area (Å²) in [6.07, 6.45) is 12.9. The van der Waals surface area contributed by atoms with Crippen LogP contribution in [0, 0.1) is 17.8 Å². The van der Waals surface area contributed by atoms with Gasteiger partial charge in [-0.25, -0.2) is 0 Å². The van der Waals surface area contributed by atoms with Crippen LogP contribution in [-0.2, 0) is 0 Å². The van der Waals surface area contributed by atoms with Gasteiger partial charge in [0.25, 0.3) is 0 Å². The minimum atomic E-state index is 0.995. The Morgan fingerprint density at radius 1 is 1.00 bits per heavy atom. The Bertz CT molecular complexity index is 178. The molecular weight excluding hydrogens is 188 g/mol. The van der Waals surface area contributed by atoms with E-state index < -0.39 is 0 Å². The van der Waals surface area contributed by atoms with Gasteiger partial charge in [0.1, 0.15) is 0 Å². The summed E-state index contributed by atoms with van der Waals surface area (Å²) in [4.78, 5) is 0. The minimum Gasteiger partial charge on any atom is -0.162 e. The molecule has 0 aromatic carbocycles. The summed E-state index contributed by atoms with van der Waals surface area (Å²) in [6, 6.07) is 0. The first-order chi connectivity index (χ1) is 6.81. The van der Waals surface area contributed by atoms with Crippen LogP contribution in [0.1, 0.15) is 51.9 Å². The predicted molar refractivity (Wildman–Crippen MR) is 65.8 cm³/mol. The zero-order chi connectivity index (χ0) is 9.97. The second-order valence-electron chi connectivity index (χ2n) is 5.40. The first kappa shape index (κ1) is 10.9. The van der Waals surface area contributed by atoms with Crippen molar-refractivity contribution in [2.45, 2.75) is 57.1 Å². The number of fused-ring (bicyclic) bond motifs is 1. The zero-order valence-corrected chi connectivity index (χ0v) is 10.5. The molecule has 4 atom stereocenters. The molecule has 2 aliphatic rings. The van der Waals surface area contributed by atoms with Crippen LogP contribution in [0.15, 0.2) is 0 Å². The molecule has 0 radical (unpaired) electrons. The molecule has 0 bridgehead atoms. The Balaban J connectivity index is 2.04. The molecular formula is C13H24S. The predicted octanol–water partition coefficient (Wildman–Crippen LogP) is 4.34. The van der Waals surface area contributed by atoms with E-state index in [4.69, 9.17) is 0 Å². The van der Waals surface area contributed by atoms with E-state index >= 15 is 0 Å². The maximum atomic E-state index is 2.47. The minimum absolute atomic E-state index is 0.995. The molecule has 0 spiro atoms. The molecule has 0 aromatic heterocycles. The lowest BCUT2D eigenvalue weighted by molar-refractivity contribution is 0.221. The van der Waals surface area contributed by atoms with Gasteiger partial charge in [-0.15, -0.1) is 0 Å². The smallest absolute Gasteiger partial charge is 0.00752 e. The fraction of sp³-hybridized carbons (Fsp3) is 1.00. The topological polar surface area (TPSA) is 0 Å². The highest BCUT2D eigenvalue weighted by Gasteiger charge is 2.34. The van der Waals surface area contributed by atoms with E-state index in [9.17, 15) is 0 Å². The van der Waals surface area contributed by atoms with Crippen molar-refractivity contribution in [1.29, 1.82) is 0 Å². The van der Waals surface area contributed by atoms with Crippen LogP contribution in [0.3, 0.4) is 0 Å². The number of hydrogen-bond donors (Lipinski definition) is 0. The van der Waals surface area contributed by atoms with Gasteiger partial charge in [0, 0.05) is 5.25 Å². The van der Waals surface area contributed by atoms with Crippen LogP contribution >= 0.6 is 11.8 Å². The van der Waals surface area contributed by atoms with Gasteiger partial charge in [0.05, 0.1) is 0 Å². The monoisotopic (exact) mass is 212 g/mol. The van der Waals surface area contributed by atoms with Gasteiger partial charge >= 0.3 is 0 Å². The Morgan fingerprint density at radius 2 is 1.71 bits per heavy atom. The summed E-state index contributed by atoms with van der Waals surface area (Å²) < 4.78 is 0. The van der Waals surface area contributed by atoms with E-state index in [1.165, 1.54) is 44.9 Å². The molecule has 0 aliphatic heterocycles. The van der Waals surface area contributed by atoms with Gasteiger partial charge in [0.2, 0.25) is 0 Å². The fourth-order valence-corrected chi connectivity index (χ4v) is 4.70. The van der Waals surface area contributed by atoms with Crippen molar-refractivity contribution >= 4 is 11.8 Å². The molecule has 1 heteroatoms. The van der Waals surface area contributed by atoms with Crippen LogP contribution in [0.4, 0.5) is 0 Å². The van der Waals surface area contributed by atoms with Gasteiger partial charge < -0.3 is 0 Å². The normalized spacial score (nSPS) is 44.1. The Morgan fingerprint density at radius 3 is 2.43 bits per heavy atom. The van der Waals surface area contributed by atoms with Gasteiger partial charge in [-0.2, -0.15) is 11.8 Å².